The topological polar surface area (TPSA) is 89.9 Å². The molecule has 0 aliphatic carbocycles. The molecule has 0 fully saturated rings. The van der Waals surface area contributed by atoms with Crippen molar-refractivity contribution < 1.29 is 23.5 Å². The lowest BCUT2D eigenvalue weighted by atomic mass is 10.1. The molecule has 0 saturated heterocycles. The van der Waals surface area contributed by atoms with Crippen LogP contribution in [0.25, 0.3) is 11.0 Å². The number of benzene rings is 1. The molecule has 6 nitrogen and oxygen atoms in total. The van der Waals surface area contributed by atoms with Crippen LogP contribution in [-0.2, 0) is 6.61 Å². The Morgan fingerprint density at radius 1 is 1.18 bits per heavy atom. The van der Waals surface area contributed by atoms with E-state index in [9.17, 15) is 9.59 Å². The molecule has 6 heteroatoms. The molecule has 0 saturated carbocycles. The number of hydrogen-bond acceptors (Lipinski definition) is 5. The van der Waals surface area contributed by atoms with E-state index in [-0.39, 0.29) is 12.4 Å². The number of carboxylic acids is 1. The first-order valence-electron chi connectivity index (χ1n) is 6.52. The zero-order valence-electron chi connectivity index (χ0n) is 11.7. The van der Waals surface area contributed by atoms with Gasteiger partial charge in [-0.05, 0) is 36.8 Å². The number of ether oxygens (including phenoxy) is 1. The number of aryl methyl sites for hydroxylation is 1. The Morgan fingerprint density at radius 3 is 2.73 bits per heavy atom. The van der Waals surface area contributed by atoms with Crippen molar-refractivity contribution in [3.63, 3.8) is 0 Å². The molecule has 0 unspecified atom stereocenters. The summed E-state index contributed by atoms with van der Waals surface area (Å²) in [5.74, 6) is -0.384. The summed E-state index contributed by atoms with van der Waals surface area (Å²) in [7, 11) is 0. The van der Waals surface area contributed by atoms with Gasteiger partial charge in [-0.25, -0.2) is 9.59 Å². The molecule has 0 aliphatic heterocycles. The van der Waals surface area contributed by atoms with E-state index in [1.807, 2.05) is 6.92 Å². The summed E-state index contributed by atoms with van der Waals surface area (Å²) < 4.78 is 15.8. The Hall–Kier alpha value is -3.02. The molecule has 3 aromatic rings. The van der Waals surface area contributed by atoms with Crippen molar-refractivity contribution in [3.8, 4) is 5.75 Å². The molecule has 0 spiro atoms. The second kappa shape index (κ2) is 5.40. The predicted molar refractivity (Wildman–Crippen MR) is 77.2 cm³/mol. The highest BCUT2D eigenvalue weighted by atomic mass is 16.5. The van der Waals surface area contributed by atoms with Gasteiger partial charge in [-0.3, -0.25) is 0 Å². The van der Waals surface area contributed by atoms with Crippen LogP contribution in [0.2, 0.25) is 0 Å². The maximum Gasteiger partial charge on any atom is 0.371 e. The van der Waals surface area contributed by atoms with E-state index in [2.05, 4.69) is 0 Å². The molecule has 22 heavy (non-hydrogen) atoms. The summed E-state index contributed by atoms with van der Waals surface area (Å²) in [6.07, 6.45) is 0. The lowest BCUT2D eigenvalue weighted by Crippen LogP contribution is -1.99. The van der Waals surface area contributed by atoms with E-state index in [0.29, 0.717) is 17.1 Å². The Balaban J connectivity index is 1.81. The first kappa shape index (κ1) is 13.9. The maximum atomic E-state index is 11.4. The van der Waals surface area contributed by atoms with Crippen LogP contribution in [0.1, 0.15) is 21.9 Å². The molecule has 1 N–H and O–H groups in total. The third-order valence-electron chi connectivity index (χ3n) is 3.18. The minimum atomic E-state index is -1.13. The maximum absolute atomic E-state index is 11.4. The second-order valence-electron chi connectivity index (χ2n) is 4.77. The second-order valence-corrected chi connectivity index (χ2v) is 4.77. The highest BCUT2D eigenvalue weighted by Crippen LogP contribution is 2.23. The molecule has 112 valence electrons. The van der Waals surface area contributed by atoms with Crippen LogP contribution in [-0.4, -0.2) is 11.1 Å². The van der Waals surface area contributed by atoms with Crippen molar-refractivity contribution in [2.45, 2.75) is 13.5 Å². The number of hydrogen-bond donors (Lipinski definition) is 1. The van der Waals surface area contributed by atoms with Gasteiger partial charge >= 0.3 is 11.6 Å². The van der Waals surface area contributed by atoms with E-state index in [4.69, 9.17) is 18.7 Å². The Kier molecular flexibility index (Phi) is 3.42. The Morgan fingerprint density at radius 2 is 2.00 bits per heavy atom. The summed E-state index contributed by atoms with van der Waals surface area (Å²) in [5, 5.41) is 9.61. The molecular formula is C16H12O6. The van der Waals surface area contributed by atoms with Gasteiger partial charge in [0, 0.05) is 17.5 Å². The van der Waals surface area contributed by atoms with Crippen molar-refractivity contribution in [2.24, 2.45) is 0 Å². The van der Waals surface area contributed by atoms with Gasteiger partial charge in [0.15, 0.2) is 0 Å². The summed E-state index contributed by atoms with van der Waals surface area (Å²) in [5.41, 5.74) is 0.849. The van der Waals surface area contributed by atoms with Crippen LogP contribution in [0, 0.1) is 6.92 Å². The first-order valence-corrected chi connectivity index (χ1v) is 6.52. The summed E-state index contributed by atoms with van der Waals surface area (Å²) in [6, 6.07) is 9.49. The minimum absolute atomic E-state index is 0.0782. The van der Waals surface area contributed by atoms with Crippen LogP contribution >= 0.6 is 0 Å². The predicted octanol–water partition coefficient (Wildman–Crippen LogP) is 2.97. The number of carboxylic acid groups (broad SMARTS) is 1. The SMILES string of the molecule is Cc1cc(=O)oc2cc(OCc3ccc(C(=O)O)o3)ccc12. The lowest BCUT2D eigenvalue weighted by molar-refractivity contribution is 0.0658. The zero-order chi connectivity index (χ0) is 15.7. The van der Waals surface area contributed by atoms with Crippen molar-refractivity contribution in [1.29, 1.82) is 0 Å². The van der Waals surface area contributed by atoms with Gasteiger partial charge in [-0.15, -0.1) is 0 Å². The summed E-state index contributed by atoms with van der Waals surface area (Å²) in [4.78, 5) is 22.1. The molecule has 0 amide bonds. The standard InChI is InChI=1S/C16H12O6/c1-9-6-15(17)22-14-7-10(2-4-12(9)14)20-8-11-3-5-13(21-11)16(18)19/h2-7H,8H2,1H3,(H,18,19). The minimum Gasteiger partial charge on any atom is -0.486 e. The average Bonchev–Trinajstić information content (AvgIpc) is 2.93. The van der Waals surface area contributed by atoms with E-state index < -0.39 is 11.6 Å². The molecule has 2 aromatic heterocycles. The number of rotatable bonds is 4. The van der Waals surface area contributed by atoms with Gasteiger partial charge in [0.1, 0.15) is 23.7 Å². The number of carbonyl (C=O) groups is 1. The molecule has 2 heterocycles. The van der Waals surface area contributed by atoms with E-state index in [1.54, 1.807) is 18.2 Å². The largest absolute Gasteiger partial charge is 0.486 e. The monoisotopic (exact) mass is 300 g/mol. The van der Waals surface area contributed by atoms with Crippen molar-refractivity contribution in [2.75, 3.05) is 0 Å². The third-order valence-corrected chi connectivity index (χ3v) is 3.18. The summed E-state index contributed by atoms with van der Waals surface area (Å²) >= 11 is 0. The van der Waals surface area contributed by atoms with Crippen LogP contribution < -0.4 is 10.4 Å². The van der Waals surface area contributed by atoms with E-state index in [1.165, 1.54) is 18.2 Å². The Bertz CT molecular complexity index is 902. The van der Waals surface area contributed by atoms with Gasteiger partial charge in [0.05, 0.1) is 0 Å². The Labute approximate surface area is 124 Å². The average molecular weight is 300 g/mol. The molecule has 0 bridgehead atoms. The molecule has 0 atom stereocenters. The fourth-order valence-corrected chi connectivity index (χ4v) is 2.12. The fraction of sp³-hybridized carbons (Fsp3) is 0.125. The van der Waals surface area contributed by atoms with Crippen LogP contribution in [0.15, 0.2) is 50.0 Å². The normalized spacial score (nSPS) is 10.8. The molecule has 1 aromatic carbocycles. The van der Waals surface area contributed by atoms with Gasteiger partial charge in [0.2, 0.25) is 5.76 Å². The molecule has 0 radical (unpaired) electrons. The van der Waals surface area contributed by atoms with Gasteiger partial charge in [-0.2, -0.15) is 0 Å². The highest BCUT2D eigenvalue weighted by Gasteiger charge is 2.10. The number of fused-ring (bicyclic) bond motifs is 1. The fourth-order valence-electron chi connectivity index (χ4n) is 2.12. The zero-order valence-corrected chi connectivity index (χ0v) is 11.7. The lowest BCUT2D eigenvalue weighted by Gasteiger charge is -2.06. The van der Waals surface area contributed by atoms with Crippen molar-refractivity contribution in [3.05, 3.63) is 63.9 Å². The van der Waals surface area contributed by atoms with Gasteiger partial charge in [0.25, 0.3) is 0 Å². The van der Waals surface area contributed by atoms with E-state index in [0.717, 1.165) is 10.9 Å². The van der Waals surface area contributed by atoms with Gasteiger partial charge in [-0.1, -0.05) is 0 Å². The van der Waals surface area contributed by atoms with Gasteiger partial charge < -0.3 is 18.7 Å². The molecule has 0 aliphatic rings. The van der Waals surface area contributed by atoms with Crippen LogP contribution in [0.4, 0.5) is 0 Å². The van der Waals surface area contributed by atoms with E-state index >= 15 is 0 Å². The third kappa shape index (κ3) is 2.71. The first-order chi connectivity index (χ1) is 10.5. The van der Waals surface area contributed by atoms with Crippen molar-refractivity contribution >= 4 is 16.9 Å². The molecular weight excluding hydrogens is 288 g/mol. The quantitative estimate of drug-likeness (QED) is 0.745. The molecule has 3 rings (SSSR count). The summed E-state index contributed by atoms with van der Waals surface area (Å²) in [6.45, 7) is 1.91. The van der Waals surface area contributed by atoms with Crippen molar-refractivity contribution in [1.82, 2.24) is 0 Å². The highest BCUT2D eigenvalue weighted by molar-refractivity contribution is 5.84. The van der Waals surface area contributed by atoms with Crippen LogP contribution in [0.3, 0.4) is 0 Å². The van der Waals surface area contributed by atoms with Crippen LogP contribution in [0.5, 0.6) is 5.75 Å². The number of aromatic carboxylic acids is 1. The smallest absolute Gasteiger partial charge is 0.371 e. The number of furan rings is 1.